The molecule has 0 radical (unpaired) electrons. The second kappa shape index (κ2) is 4.96. The van der Waals surface area contributed by atoms with Crippen molar-refractivity contribution in [2.24, 2.45) is 0 Å². The molecule has 0 bridgehead atoms. The van der Waals surface area contributed by atoms with E-state index in [0.29, 0.717) is 17.5 Å². The largest absolute Gasteiger partial charge is 0.504 e. The second-order valence-corrected chi connectivity index (χ2v) is 3.62. The highest BCUT2D eigenvalue weighted by Crippen LogP contribution is 2.48. The summed E-state index contributed by atoms with van der Waals surface area (Å²) in [5.74, 6) is 0.448. The van der Waals surface area contributed by atoms with Crippen LogP contribution in [0.4, 0.5) is 0 Å². The van der Waals surface area contributed by atoms with Crippen LogP contribution in [0.15, 0.2) is 0 Å². The summed E-state index contributed by atoms with van der Waals surface area (Å²) in [6.07, 6.45) is 1.56. The van der Waals surface area contributed by atoms with Gasteiger partial charge in [-0.25, -0.2) is 0 Å². The molecule has 0 atom stereocenters. The molecule has 0 aliphatic rings. The Morgan fingerprint density at radius 1 is 1.00 bits per heavy atom. The second-order valence-electron chi connectivity index (χ2n) is 3.62. The van der Waals surface area contributed by atoms with Crippen LogP contribution in [0.2, 0.25) is 0 Å². The van der Waals surface area contributed by atoms with Crippen molar-refractivity contribution in [3.63, 3.8) is 0 Å². The normalized spacial score (nSPS) is 10.2. The summed E-state index contributed by atoms with van der Waals surface area (Å²) in [5, 5.41) is 19.9. The highest BCUT2D eigenvalue weighted by atomic mass is 16.5. The maximum Gasteiger partial charge on any atom is 0.207 e. The Kier molecular flexibility index (Phi) is 3.88. The molecule has 2 N–H and O–H groups in total. The Morgan fingerprint density at radius 2 is 1.50 bits per heavy atom. The number of ether oxygens (including phenoxy) is 2. The lowest BCUT2D eigenvalue weighted by Gasteiger charge is -2.17. The van der Waals surface area contributed by atoms with Crippen LogP contribution in [0.25, 0.3) is 0 Å². The first kappa shape index (κ1) is 12.5. The highest BCUT2D eigenvalue weighted by Gasteiger charge is 2.22. The third-order valence-electron chi connectivity index (χ3n) is 2.64. The van der Waals surface area contributed by atoms with E-state index in [4.69, 9.17) is 9.47 Å². The van der Waals surface area contributed by atoms with Gasteiger partial charge in [0, 0.05) is 11.1 Å². The number of aromatic hydroxyl groups is 2. The smallest absolute Gasteiger partial charge is 0.207 e. The van der Waals surface area contributed by atoms with Crippen molar-refractivity contribution in [3.05, 3.63) is 11.1 Å². The maximum absolute atomic E-state index is 10.0. The average Bonchev–Trinajstić information content (AvgIpc) is 2.29. The lowest BCUT2D eigenvalue weighted by Crippen LogP contribution is -1.98. The average molecular weight is 226 g/mol. The molecule has 0 spiro atoms. The third-order valence-corrected chi connectivity index (χ3v) is 2.64. The van der Waals surface area contributed by atoms with E-state index in [1.165, 1.54) is 14.2 Å². The molecule has 0 unspecified atom stereocenters. The molecule has 0 amide bonds. The quantitative estimate of drug-likeness (QED) is 0.774. The van der Waals surface area contributed by atoms with Crippen LogP contribution in [0.3, 0.4) is 0 Å². The van der Waals surface area contributed by atoms with Crippen LogP contribution in [0.5, 0.6) is 23.0 Å². The molecule has 0 aliphatic heterocycles. The first-order chi connectivity index (χ1) is 7.58. The van der Waals surface area contributed by atoms with Crippen molar-refractivity contribution in [2.75, 3.05) is 14.2 Å². The molecule has 1 rings (SSSR count). The van der Waals surface area contributed by atoms with Crippen molar-refractivity contribution in [1.29, 1.82) is 0 Å². The van der Waals surface area contributed by atoms with E-state index in [9.17, 15) is 10.2 Å². The van der Waals surface area contributed by atoms with E-state index in [2.05, 4.69) is 0 Å². The minimum Gasteiger partial charge on any atom is -0.504 e. The van der Waals surface area contributed by atoms with E-state index >= 15 is 0 Å². The van der Waals surface area contributed by atoms with Gasteiger partial charge < -0.3 is 19.7 Å². The Balaban J connectivity index is 3.49. The summed E-state index contributed by atoms with van der Waals surface area (Å²) >= 11 is 0. The molecule has 0 heterocycles. The number of hydrogen-bond donors (Lipinski definition) is 2. The van der Waals surface area contributed by atoms with Gasteiger partial charge in [0.2, 0.25) is 11.5 Å². The van der Waals surface area contributed by atoms with Gasteiger partial charge in [-0.05, 0) is 13.3 Å². The minimum absolute atomic E-state index is 0.0283. The maximum atomic E-state index is 10.0. The molecule has 4 heteroatoms. The van der Waals surface area contributed by atoms with Crippen LogP contribution in [0, 0.1) is 6.92 Å². The summed E-state index contributed by atoms with van der Waals surface area (Å²) in [6.45, 7) is 3.76. The van der Waals surface area contributed by atoms with Gasteiger partial charge in [-0.1, -0.05) is 13.3 Å². The summed E-state index contributed by atoms with van der Waals surface area (Å²) in [7, 11) is 2.86. The molecular formula is C12H18O4. The first-order valence-electron chi connectivity index (χ1n) is 5.23. The zero-order valence-electron chi connectivity index (χ0n) is 10.1. The van der Waals surface area contributed by atoms with E-state index in [0.717, 1.165) is 6.42 Å². The number of benzene rings is 1. The molecule has 1 aromatic rings. The molecule has 4 nitrogen and oxygen atoms in total. The topological polar surface area (TPSA) is 58.9 Å². The van der Waals surface area contributed by atoms with Gasteiger partial charge in [0.25, 0.3) is 0 Å². The van der Waals surface area contributed by atoms with Gasteiger partial charge in [-0.2, -0.15) is 0 Å². The van der Waals surface area contributed by atoms with E-state index in [1.54, 1.807) is 6.92 Å². The van der Waals surface area contributed by atoms with Crippen molar-refractivity contribution >= 4 is 0 Å². The van der Waals surface area contributed by atoms with E-state index in [-0.39, 0.29) is 23.0 Å². The SMILES string of the molecule is CCCc1c(C)c(O)c(OC)c(OC)c1O. The zero-order valence-corrected chi connectivity index (χ0v) is 10.1. The lowest BCUT2D eigenvalue weighted by molar-refractivity contribution is 0.313. The van der Waals surface area contributed by atoms with Gasteiger partial charge in [0.15, 0.2) is 11.5 Å². The fraction of sp³-hybridized carbons (Fsp3) is 0.500. The van der Waals surface area contributed by atoms with Crippen LogP contribution in [0.1, 0.15) is 24.5 Å². The number of phenolic OH excluding ortho intramolecular Hbond substituents is 2. The Morgan fingerprint density at radius 3 is 1.94 bits per heavy atom. The first-order valence-corrected chi connectivity index (χ1v) is 5.23. The monoisotopic (exact) mass is 226 g/mol. The summed E-state index contributed by atoms with van der Waals surface area (Å²) in [6, 6.07) is 0. The van der Waals surface area contributed by atoms with E-state index in [1.807, 2.05) is 6.92 Å². The van der Waals surface area contributed by atoms with Crippen LogP contribution in [-0.2, 0) is 6.42 Å². The molecule has 0 aromatic heterocycles. The number of phenols is 2. The molecule has 0 fully saturated rings. The van der Waals surface area contributed by atoms with Crippen LogP contribution < -0.4 is 9.47 Å². The summed E-state index contributed by atoms with van der Waals surface area (Å²) < 4.78 is 10.1. The Labute approximate surface area is 95.4 Å². The summed E-state index contributed by atoms with van der Waals surface area (Å²) in [5.41, 5.74) is 1.34. The predicted octanol–water partition coefficient (Wildman–Crippen LogP) is 2.38. The zero-order chi connectivity index (χ0) is 12.3. The summed E-state index contributed by atoms with van der Waals surface area (Å²) in [4.78, 5) is 0. The van der Waals surface area contributed by atoms with Crippen LogP contribution in [-0.4, -0.2) is 24.4 Å². The molecule has 0 saturated carbocycles. The molecule has 16 heavy (non-hydrogen) atoms. The molecule has 0 saturated heterocycles. The van der Waals surface area contributed by atoms with Gasteiger partial charge in [0.1, 0.15) is 0 Å². The van der Waals surface area contributed by atoms with Crippen LogP contribution >= 0.6 is 0 Å². The van der Waals surface area contributed by atoms with Gasteiger partial charge in [-0.3, -0.25) is 0 Å². The number of rotatable bonds is 4. The van der Waals surface area contributed by atoms with Crippen molar-refractivity contribution in [2.45, 2.75) is 26.7 Å². The number of methoxy groups -OCH3 is 2. The van der Waals surface area contributed by atoms with Crippen molar-refractivity contribution < 1.29 is 19.7 Å². The Hall–Kier alpha value is -1.58. The third kappa shape index (κ3) is 1.87. The molecular weight excluding hydrogens is 208 g/mol. The molecule has 90 valence electrons. The fourth-order valence-corrected chi connectivity index (χ4v) is 1.78. The van der Waals surface area contributed by atoms with E-state index < -0.39 is 0 Å². The number of hydrogen-bond acceptors (Lipinski definition) is 4. The Bertz CT molecular complexity index is 385. The van der Waals surface area contributed by atoms with Gasteiger partial charge in [0.05, 0.1) is 14.2 Å². The standard InChI is InChI=1S/C12H18O4/c1-5-6-8-7(2)9(13)11(15-3)12(16-4)10(8)14/h13-14H,5-6H2,1-4H3. The van der Waals surface area contributed by atoms with Gasteiger partial charge in [-0.15, -0.1) is 0 Å². The lowest BCUT2D eigenvalue weighted by atomic mass is 10.0. The van der Waals surface area contributed by atoms with Crippen molar-refractivity contribution in [1.82, 2.24) is 0 Å². The predicted molar refractivity (Wildman–Crippen MR) is 61.6 cm³/mol. The highest BCUT2D eigenvalue weighted by molar-refractivity contribution is 5.65. The van der Waals surface area contributed by atoms with Crippen molar-refractivity contribution in [3.8, 4) is 23.0 Å². The fourth-order valence-electron chi connectivity index (χ4n) is 1.78. The minimum atomic E-state index is 0.0283. The molecule has 0 aliphatic carbocycles. The van der Waals surface area contributed by atoms with Gasteiger partial charge >= 0.3 is 0 Å². The molecule has 1 aromatic carbocycles.